The summed E-state index contributed by atoms with van der Waals surface area (Å²) in [5.74, 6) is 0. The fourth-order valence-corrected chi connectivity index (χ4v) is 1.91. The lowest BCUT2D eigenvalue weighted by Gasteiger charge is -2.37. The topological polar surface area (TPSA) is 20.2 Å². The van der Waals surface area contributed by atoms with Crippen molar-refractivity contribution >= 4 is 11.3 Å². The van der Waals surface area contributed by atoms with Crippen molar-refractivity contribution in [2.75, 3.05) is 0 Å². The Morgan fingerprint density at radius 3 is 2.36 bits per heavy atom. The highest BCUT2D eigenvalue weighted by Gasteiger charge is 2.34. The average molecular weight is 212 g/mol. The Morgan fingerprint density at radius 1 is 1.29 bits per heavy atom. The number of rotatable bonds is 3. The van der Waals surface area contributed by atoms with Crippen molar-refractivity contribution in [1.82, 2.24) is 0 Å². The molecule has 2 heteroatoms. The van der Waals surface area contributed by atoms with Crippen molar-refractivity contribution in [3.63, 3.8) is 0 Å². The minimum Gasteiger partial charge on any atom is -0.390 e. The van der Waals surface area contributed by atoms with Crippen LogP contribution in [0.5, 0.6) is 0 Å². The first-order valence-corrected chi connectivity index (χ1v) is 5.96. The Bertz CT molecular complexity index is 267. The van der Waals surface area contributed by atoms with Gasteiger partial charge in [-0.1, -0.05) is 26.8 Å². The summed E-state index contributed by atoms with van der Waals surface area (Å²) in [5.41, 5.74) is -0.638. The summed E-state index contributed by atoms with van der Waals surface area (Å²) in [7, 11) is 0. The van der Waals surface area contributed by atoms with Crippen molar-refractivity contribution in [1.29, 1.82) is 0 Å². The van der Waals surface area contributed by atoms with Gasteiger partial charge in [0.15, 0.2) is 0 Å². The third-order valence-corrected chi connectivity index (χ3v) is 3.99. The first-order valence-electron chi connectivity index (χ1n) is 5.08. The zero-order valence-corrected chi connectivity index (χ0v) is 10.3. The van der Waals surface area contributed by atoms with Crippen LogP contribution in [0.3, 0.4) is 0 Å². The van der Waals surface area contributed by atoms with Gasteiger partial charge in [0.1, 0.15) is 0 Å². The normalized spacial score (nSPS) is 16.6. The van der Waals surface area contributed by atoms with Crippen LogP contribution in [0.15, 0.2) is 17.5 Å². The first-order chi connectivity index (χ1) is 6.33. The van der Waals surface area contributed by atoms with Gasteiger partial charge in [0.2, 0.25) is 0 Å². The second-order valence-electron chi connectivity index (χ2n) is 5.10. The van der Waals surface area contributed by atoms with Gasteiger partial charge in [-0.05, 0) is 36.6 Å². The summed E-state index contributed by atoms with van der Waals surface area (Å²) in [6, 6.07) is 4.19. The Labute approximate surface area is 90.8 Å². The van der Waals surface area contributed by atoms with Crippen LogP contribution in [0.4, 0.5) is 0 Å². The summed E-state index contributed by atoms with van der Waals surface area (Å²) in [4.78, 5) is 1.36. The number of thiophene rings is 1. The van der Waals surface area contributed by atoms with E-state index in [0.29, 0.717) is 0 Å². The van der Waals surface area contributed by atoms with E-state index in [0.717, 1.165) is 12.8 Å². The SMILES string of the molecule is CC(C)(C)C(C)(O)CCc1cccs1. The minimum absolute atomic E-state index is 0.0513. The zero-order chi connectivity index (χ0) is 10.8. The summed E-state index contributed by atoms with van der Waals surface area (Å²) in [6.07, 6.45) is 1.80. The van der Waals surface area contributed by atoms with Crippen molar-refractivity contribution in [3.05, 3.63) is 22.4 Å². The van der Waals surface area contributed by atoms with Crippen LogP contribution in [-0.2, 0) is 6.42 Å². The standard InChI is InChI=1S/C12H20OS/c1-11(2,3)12(4,13)8-7-10-6-5-9-14-10/h5-6,9,13H,7-8H2,1-4H3. The maximum absolute atomic E-state index is 10.3. The van der Waals surface area contributed by atoms with Gasteiger partial charge >= 0.3 is 0 Å². The Balaban J connectivity index is 2.53. The van der Waals surface area contributed by atoms with Gasteiger partial charge in [0.25, 0.3) is 0 Å². The van der Waals surface area contributed by atoms with E-state index < -0.39 is 5.60 Å². The summed E-state index contributed by atoms with van der Waals surface area (Å²) in [6.45, 7) is 8.19. The number of hydrogen-bond donors (Lipinski definition) is 1. The van der Waals surface area contributed by atoms with E-state index in [9.17, 15) is 5.11 Å². The lowest BCUT2D eigenvalue weighted by atomic mass is 9.75. The van der Waals surface area contributed by atoms with Crippen LogP contribution in [-0.4, -0.2) is 10.7 Å². The fourth-order valence-electron chi connectivity index (χ4n) is 1.20. The van der Waals surface area contributed by atoms with Gasteiger partial charge in [-0.15, -0.1) is 11.3 Å². The highest BCUT2D eigenvalue weighted by molar-refractivity contribution is 7.09. The maximum atomic E-state index is 10.3. The van der Waals surface area contributed by atoms with Crippen molar-refractivity contribution < 1.29 is 5.11 Å². The van der Waals surface area contributed by atoms with Crippen molar-refractivity contribution in [3.8, 4) is 0 Å². The smallest absolute Gasteiger partial charge is 0.0671 e. The van der Waals surface area contributed by atoms with Crippen LogP contribution in [0.2, 0.25) is 0 Å². The van der Waals surface area contributed by atoms with E-state index in [-0.39, 0.29) is 5.41 Å². The molecule has 1 heterocycles. The molecular formula is C12H20OS. The largest absolute Gasteiger partial charge is 0.390 e. The molecule has 14 heavy (non-hydrogen) atoms. The zero-order valence-electron chi connectivity index (χ0n) is 9.50. The fraction of sp³-hybridized carbons (Fsp3) is 0.667. The number of aliphatic hydroxyl groups is 1. The molecular weight excluding hydrogens is 192 g/mol. The molecule has 1 unspecified atom stereocenters. The lowest BCUT2D eigenvalue weighted by Crippen LogP contribution is -2.39. The molecule has 80 valence electrons. The van der Waals surface area contributed by atoms with E-state index in [1.165, 1.54) is 4.88 Å². The molecule has 1 nitrogen and oxygen atoms in total. The molecule has 1 rings (SSSR count). The summed E-state index contributed by atoms with van der Waals surface area (Å²) >= 11 is 1.76. The molecule has 1 N–H and O–H groups in total. The molecule has 1 aromatic heterocycles. The van der Waals surface area contributed by atoms with Crippen molar-refractivity contribution in [2.24, 2.45) is 5.41 Å². The second kappa shape index (κ2) is 4.03. The highest BCUT2D eigenvalue weighted by Crippen LogP contribution is 2.33. The van der Waals surface area contributed by atoms with Crippen LogP contribution in [0.1, 0.15) is 39.0 Å². The number of hydrogen-bond acceptors (Lipinski definition) is 2. The van der Waals surface area contributed by atoms with Gasteiger partial charge in [-0.2, -0.15) is 0 Å². The summed E-state index contributed by atoms with van der Waals surface area (Å²) in [5, 5.41) is 12.3. The highest BCUT2D eigenvalue weighted by atomic mass is 32.1. The molecule has 0 fully saturated rings. The predicted octanol–water partition coefficient (Wildman–Crippen LogP) is 3.48. The molecule has 0 aliphatic carbocycles. The van der Waals surface area contributed by atoms with E-state index in [4.69, 9.17) is 0 Å². The van der Waals surface area contributed by atoms with Gasteiger partial charge in [-0.3, -0.25) is 0 Å². The monoisotopic (exact) mass is 212 g/mol. The Kier molecular flexibility index (Phi) is 3.38. The minimum atomic E-state index is -0.586. The van der Waals surface area contributed by atoms with Gasteiger partial charge in [0.05, 0.1) is 5.60 Å². The van der Waals surface area contributed by atoms with E-state index in [1.54, 1.807) is 11.3 Å². The van der Waals surface area contributed by atoms with E-state index >= 15 is 0 Å². The molecule has 0 aromatic carbocycles. The molecule has 0 aliphatic rings. The predicted molar refractivity (Wildman–Crippen MR) is 62.7 cm³/mol. The molecule has 0 saturated carbocycles. The first kappa shape index (κ1) is 11.7. The molecule has 0 saturated heterocycles. The Hall–Kier alpha value is -0.340. The quantitative estimate of drug-likeness (QED) is 0.813. The third-order valence-electron chi connectivity index (χ3n) is 3.05. The Morgan fingerprint density at radius 2 is 1.93 bits per heavy atom. The maximum Gasteiger partial charge on any atom is 0.0671 e. The molecule has 0 aliphatic heterocycles. The van der Waals surface area contributed by atoms with Crippen LogP contribution in [0.25, 0.3) is 0 Å². The molecule has 1 atom stereocenters. The average Bonchev–Trinajstić information content (AvgIpc) is 2.50. The summed E-state index contributed by atoms with van der Waals surface area (Å²) < 4.78 is 0. The number of aryl methyl sites for hydroxylation is 1. The van der Waals surface area contributed by atoms with Crippen LogP contribution >= 0.6 is 11.3 Å². The van der Waals surface area contributed by atoms with Gasteiger partial charge in [0, 0.05) is 4.88 Å². The third kappa shape index (κ3) is 2.82. The molecule has 0 amide bonds. The van der Waals surface area contributed by atoms with Crippen molar-refractivity contribution in [2.45, 2.75) is 46.1 Å². The van der Waals surface area contributed by atoms with Gasteiger partial charge < -0.3 is 5.11 Å². The van der Waals surface area contributed by atoms with Crippen LogP contribution in [0, 0.1) is 5.41 Å². The lowest BCUT2D eigenvalue weighted by molar-refractivity contribution is -0.0474. The molecule has 0 spiro atoms. The van der Waals surface area contributed by atoms with E-state index in [2.05, 4.69) is 38.3 Å². The molecule has 0 radical (unpaired) electrons. The van der Waals surface area contributed by atoms with Crippen LogP contribution < -0.4 is 0 Å². The van der Waals surface area contributed by atoms with Gasteiger partial charge in [-0.25, -0.2) is 0 Å². The van der Waals surface area contributed by atoms with E-state index in [1.807, 2.05) is 6.92 Å². The molecule has 1 aromatic rings. The molecule has 0 bridgehead atoms. The second-order valence-corrected chi connectivity index (χ2v) is 6.14.